The van der Waals surface area contributed by atoms with Crippen LogP contribution in [0.5, 0.6) is 0 Å². The highest BCUT2D eigenvalue weighted by Gasteiger charge is 2.55. The predicted octanol–water partition coefficient (Wildman–Crippen LogP) is 4.89. The molecule has 0 radical (unpaired) electrons. The van der Waals surface area contributed by atoms with Crippen LogP contribution in [-0.4, -0.2) is 61.1 Å². The summed E-state index contributed by atoms with van der Waals surface area (Å²) in [7, 11) is 2.44. The summed E-state index contributed by atoms with van der Waals surface area (Å²) in [6.45, 7) is 6.49. The fraction of sp³-hybridized carbons (Fsp3) is 0.654. The summed E-state index contributed by atoms with van der Waals surface area (Å²) in [5, 5.41) is 2.09. The molecular formula is C26H39N3O2S. The van der Waals surface area contributed by atoms with Crippen molar-refractivity contribution in [1.29, 1.82) is 0 Å². The molecule has 1 aromatic heterocycles. The maximum atomic E-state index is 13.9. The molecule has 0 unspecified atom stereocenters. The monoisotopic (exact) mass is 457 g/mol. The molecule has 2 aromatic rings. The van der Waals surface area contributed by atoms with Crippen LogP contribution in [-0.2, 0) is 10.0 Å². The van der Waals surface area contributed by atoms with E-state index >= 15 is 0 Å². The van der Waals surface area contributed by atoms with Crippen molar-refractivity contribution in [1.82, 2.24) is 14.2 Å². The van der Waals surface area contributed by atoms with E-state index in [0.29, 0.717) is 5.92 Å². The maximum Gasteiger partial charge on any atom is 0.217 e. The van der Waals surface area contributed by atoms with Crippen molar-refractivity contribution in [3.63, 3.8) is 0 Å². The van der Waals surface area contributed by atoms with E-state index in [4.69, 9.17) is 0 Å². The summed E-state index contributed by atoms with van der Waals surface area (Å²) in [6, 6.07) is 8.88. The van der Waals surface area contributed by atoms with Crippen LogP contribution < -0.4 is 0 Å². The van der Waals surface area contributed by atoms with Gasteiger partial charge in [-0.1, -0.05) is 25.5 Å². The Morgan fingerprint density at radius 1 is 1.03 bits per heavy atom. The molecule has 1 heterocycles. The second-order valence-electron chi connectivity index (χ2n) is 10.7. The van der Waals surface area contributed by atoms with Gasteiger partial charge in [0.1, 0.15) is 0 Å². The van der Waals surface area contributed by atoms with Crippen LogP contribution in [0.4, 0.5) is 0 Å². The third-order valence-corrected chi connectivity index (χ3v) is 11.5. The Bertz CT molecular complexity index is 1070. The minimum atomic E-state index is -3.38. The number of benzene rings is 1. The van der Waals surface area contributed by atoms with Crippen LogP contribution in [0.3, 0.4) is 0 Å². The minimum absolute atomic E-state index is 0.0170. The van der Waals surface area contributed by atoms with Gasteiger partial charge in [-0.3, -0.25) is 4.98 Å². The third kappa shape index (κ3) is 3.88. The Morgan fingerprint density at radius 2 is 1.78 bits per heavy atom. The molecule has 1 aromatic carbocycles. The summed E-state index contributed by atoms with van der Waals surface area (Å²) in [5.41, 5.74) is 1.36. The minimum Gasteiger partial charge on any atom is -0.305 e. The molecule has 0 amide bonds. The quantitative estimate of drug-likeness (QED) is 0.620. The second-order valence-corrected chi connectivity index (χ2v) is 12.9. The first-order chi connectivity index (χ1) is 15.1. The number of likely N-dealkylation sites (N-methyl/N-ethyl adjacent to an activating group) is 2. The Morgan fingerprint density at radius 3 is 2.50 bits per heavy atom. The topological polar surface area (TPSA) is 53.5 Å². The van der Waals surface area contributed by atoms with E-state index < -0.39 is 10.0 Å². The van der Waals surface area contributed by atoms with Crippen LogP contribution in [0.15, 0.2) is 36.7 Å². The van der Waals surface area contributed by atoms with E-state index in [9.17, 15) is 8.42 Å². The van der Waals surface area contributed by atoms with Crippen molar-refractivity contribution < 1.29 is 8.42 Å². The molecule has 6 atom stereocenters. The van der Waals surface area contributed by atoms with Crippen molar-refractivity contribution in [3.05, 3.63) is 42.2 Å². The molecule has 4 rings (SSSR count). The van der Waals surface area contributed by atoms with Gasteiger partial charge in [-0.15, -0.1) is 0 Å². The molecular weight excluding hydrogens is 418 g/mol. The van der Waals surface area contributed by atoms with Crippen LogP contribution in [0.25, 0.3) is 10.8 Å². The number of hydrogen-bond donors (Lipinski definition) is 0. The lowest BCUT2D eigenvalue weighted by molar-refractivity contribution is 0.130. The van der Waals surface area contributed by atoms with Gasteiger partial charge in [-0.2, -0.15) is 0 Å². The van der Waals surface area contributed by atoms with Gasteiger partial charge in [0.15, 0.2) is 0 Å². The van der Waals surface area contributed by atoms with Crippen LogP contribution >= 0.6 is 0 Å². The van der Waals surface area contributed by atoms with Gasteiger partial charge < -0.3 is 4.90 Å². The van der Waals surface area contributed by atoms with E-state index in [1.54, 1.807) is 11.4 Å². The second kappa shape index (κ2) is 8.69. The highest BCUT2D eigenvalue weighted by molar-refractivity contribution is 7.89. The average molecular weight is 458 g/mol. The highest BCUT2D eigenvalue weighted by atomic mass is 32.2. The molecule has 2 aliphatic rings. The van der Waals surface area contributed by atoms with Gasteiger partial charge in [0, 0.05) is 36.9 Å². The summed E-state index contributed by atoms with van der Waals surface area (Å²) in [4.78, 5) is 6.40. The number of aromatic nitrogens is 1. The average Bonchev–Trinajstić information content (AvgIpc) is 3.13. The van der Waals surface area contributed by atoms with E-state index in [1.165, 1.54) is 16.3 Å². The van der Waals surface area contributed by atoms with Gasteiger partial charge in [0.2, 0.25) is 10.0 Å². The van der Waals surface area contributed by atoms with Crippen LogP contribution in [0.2, 0.25) is 0 Å². The van der Waals surface area contributed by atoms with E-state index in [1.807, 2.05) is 39.5 Å². The molecule has 6 heteroatoms. The first-order valence-corrected chi connectivity index (χ1v) is 13.5. The third-order valence-electron chi connectivity index (χ3n) is 9.00. The van der Waals surface area contributed by atoms with Crippen molar-refractivity contribution in [2.45, 2.75) is 76.1 Å². The molecule has 0 N–H and O–H groups in total. The molecule has 0 spiro atoms. The summed E-state index contributed by atoms with van der Waals surface area (Å²) in [5.74, 6) is 0.610. The zero-order valence-electron chi connectivity index (χ0n) is 20.5. The number of hydrogen-bond acceptors (Lipinski definition) is 4. The molecule has 2 saturated carbocycles. The van der Waals surface area contributed by atoms with Crippen molar-refractivity contribution >= 4 is 20.8 Å². The zero-order valence-corrected chi connectivity index (χ0v) is 21.3. The molecule has 2 aliphatic carbocycles. The first-order valence-electron chi connectivity index (χ1n) is 12.0. The molecule has 0 saturated heterocycles. The smallest absolute Gasteiger partial charge is 0.217 e. The Hall–Kier alpha value is -1.50. The lowest BCUT2D eigenvalue weighted by Gasteiger charge is -2.46. The van der Waals surface area contributed by atoms with E-state index in [2.05, 4.69) is 41.9 Å². The standard InChI is InChI=1S/C26H39N3O2S/c1-18(28(4)5)19(2)29(6)32(30,31)25-8-7-14-26(3)23(11-12-24(25)26)21-10-9-20-13-15-27-17-22(20)16-21/h9-10,13,15-19,23-25H,7-8,11-12,14H2,1-6H3/t18-,19+,23-,24+,25-,26-/m1/s1. The van der Waals surface area contributed by atoms with E-state index in [0.717, 1.165) is 32.1 Å². The van der Waals surface area contributed by atoms with Crippen LogP contribution in [0, 0.1) is 11.3 Å². The number of pyridine rings is 1. The molecule has 0 aliphatic heterocycles. The van der Waals surface area contributed by atoms with Crippen molar-refractivity contribution in [3.8, 4) is 0 Å². The molecule has 32 heavy (non-hydrogen) atoms. The maximum absolute atomic E-state index is 13.9. The Kier molecular flexibility index (Phi) is 6.43. The normalized spacial score (nSPS) is 30.6. The largest absolute Gasteiger partial charge is 0.305 e. The summed E-state index contributed by atoms with van der Waals surface area (Å²) < 4.78 is 29.4. The number of rotatable bonds is 6. The van der Waals surface area contributed by atoms with Gasteiger partial charge in [-0.25, -0.2) is 12.7 Å². The SMILES string of the molecule is C[C@H]([C@H](C)N(C)S(=O)(=O)[C@@H]1CCC[C@]2(C)[C@@H](c3ccc4ccncc4c3)CC[C@@H]12)N(C)C. The van der Waals surface area contributed by atoms with Gasteiger partial charge in [-0.05, 0) is 94.0 Å². The summed E-state index contributed by atoms with van der Waals surface area (Å²) in [6.07, 6.45) is 8.68. The Balaban J connectivity index is 1.63. The number of sulfonamides is 1. The predicted molar refractivity (Wildman–Crippen MR) is 132 cm³/mol. The number of nitrogens with zero attached hydrogens (tertiary/aromatic N) is 3. The fourth-order valence-corrected chi connectivity index (χ4v) is 8.92. The number of fused-ring (bicyclic) bond motifs is 2. The fourth-order valence-electron chi connectivity index (χ4n) is 6.52. The summed E-state index contributed by atoms with van der Waals surface area (Å²) >= 11 is 0. The lowest BCUT2D eigenvalue weighted by atomic mass is 9.63. The lowest BCUT2D eigenvalue weighted by Crippen LogP contribution is -2.53. The first kappa shape index (κ1) is 23.7. The van der Waals surface area contributed by atoms with E-state index in [-0.39, 0.29) is 28.7 Å². The van der Waals surface area contributed by atoms with Crippen LogP contribution in [0.1, 0.15) is 64.4 Å². The molecule has 2 fully saturated rings. The molecule has 0 bridgehead atoms. The van der Waals surface area contributed by atoms with Gasteiger partial charge in [0.05, 0.1) is 5.25 Å². The van der Waals surface area contributed by atoms with Crippen molar-refractivity contribution in [2.75, 3.05) is 21.1 Å². The van der Waals surface area contributed by atoms with Gasteiger partial charge in [0.25, 0.3) is 0 Å². The molecule has 176 valence electrons. The van der Waals surface area contributed by atoms with Gasteiger partial charge >= 0.3 is 0 Å². The Labute approximate surface area is 194 Å². The zero-order chi connectivity index (χ0) is 23.3. The van der Waals surface area contributed by atoms with Crippen molar-refractivity contribution in [2.24, 2.45) is 11.3 Å². The molecule has 5 nitrogen and oxygen atoms in total. The highest BCUT2D eigenvalue weighted by Crippen LogP contribution is 2.60.